The summed E-state index contributed by atoms with van der Waals surface area (Å²) in [6, 6.07) is 20.5. The average molecular weight is 463 g/mol. The van der Waals surface area contributed by atoms with Gasteiger partial charge in [0.15, 0.2) is 0 Å². The number of benzene rings is 2. The minimum Gasteiger partial charge on any atom is -0.334 e. The number of amides is 2. The van der Waals surface area contributed by atoms with Crippen LogP contribution in [-0.4, -0.2) is 21.1 Å². The highest BCUT2D eigenvalue weighted by Gasteiger charge is 2.35. The van der Waals surface area contributed by atoms with Crippen molar-refractivity contribution in [3.63, 3.8) is 0 Å². The van der Waals surface area contributed by atoms with Gasteiger partial charge in [0.05, 0.1) is 23.0 Å². The molecule has 0 saturated heterocycles. The molecule has 3 heterocycles. The Kier molecular flexibility index (Phi) is 5.51. The van der Waals surface area contributed by atoms with Crippen LogP contribution in [0.3, 0.4) is 0 Å². The Bertz CT molecular complexity index is 1280. The van der Waals surface area contributed by atoms with Crippen LogP contribution in [0.15, 0.2) is 82.3 Å². The maximum Gasteiger partial charge on any atom is 0.322 e. The number of allylic oxidation sites excluding steroid dienone is 1. The quantitative estimate of drug-likeness (QED) is 0.386. The Morgan fingerprint density at radius 3 is 2.72 bits per heavy atom. The van der Waals surface area contributed by atoms with E-state index in [-0.39, 0.29) is 6.03 Å². The second kappa shape index (κ2) is 8.61. The van der Waals surface area contributed by atoms with Gasteiger partial charge in [0.1, 0.15) is 0 Å². The molecule has 1 aliphatic rings. The fraction of sp³-hybridized carbons (Fsp3) is 0.125. The summed E-state index contributed by atoms with van der Waals surface area (Å²) >= 11 is 7.70. The van der Waals surface area contributed by atoms with Crippen molar-refractivity contribution in [3.05, 3.63) is 99.8 Å². The zero-order valence-electron chi connectivity index (χ0n) is 17.2. The molecular weight excluding hydrogens is 444 g/mol. The number of carbonyl (C=O) groups is 1. The van der Waals surface area contributed by atoms with E-state index in [1.165, 1.54) is 0 Å². The molecule has 0 saturated carbocycles. The molecule has 2 amide bonds. The minimum absolute atomic E-state index is 0.196. The van der Waals surface area contributed by atoms with E-state index >= 15 is 0 Å². The van der Waals surface area contributed by atoms with E-state index in [0.717, 1.165) is 27.3 Å². The van der Waals surface area contributed by atoms with Crippen molar-refractivity contribution < 1.29 is 9.32 Å². The zero-order valence-corrected chi connectivity index (χ0v) is 18.7. The highest BCUT2D eigenvalue weighted by molar-refractivity contribution is 7.13. The number of aromatic nitrogens is 2. The van der Waals surface area contributed by atoms with Gasteiger partial charge in [0.2, 0.25) is 5.82 Å². The van der Waals surface area contributed by atoms with Gasteiger partial charge in [0, 0.05) is 10.7 Å². The number of hydrogen-bond acceptors (Lipinski definition) is 5. The summed E-state index contributed by atoms with van der Waals surface area (Å²) in [5.41, 5.74) is 3.39. The summed E-state index contributed by atoms with van der Waals surface area (Å²) in [4.78, 5) is 20.4. The van der Waals surface area contributed by atoms with Crippen LogP contribution < -0.4 is 5.32 Å². The summed E-state index contributed by atoms with van der Waals surface area (Å²) < 4.78 is 5.69. The van der Waals surface area contributed by atoms with Crippen LogP contribution in [0.5, 0.6) is 0 Å². The van der Waals surface area contributed by atoms with Crippen molar-refractivity contribution in [2.45, 2.75) is 19.5 Å². The van der Waals surface area contributed by atoms with Gasteiger partial charge in [-0.25, -0.2) is 4.79 Å². The second-order valence-electron chi connectivity index (χ2n) is 7.41. The smallest absolute Gasteiger partial charge is 0.322 e. The van der Waals surface area contributed by atoms with Crippen LogP contribution >= 0.6 is 22.9 Å². The van der Waals surface area contributed by atoms with Crippen LogP contribution in [0.2, 0.25) is 5.02 Å². The Morgan fingerprint density at radius 2 is 1.97 bits per heavy atom. The molecule has 0 fully saturated rings. The lowest BCUT2D eigenvalue weighted by atomic mass is 9.94. The first-order valence-electron chi connectivity index (χ1n) is 10.1. The van der Waals surface area contributed by atoms with Crippen molar-refractivity contribution >= 4 is 34.5 Å². The van der Waals surface area contributed by atoms with Crippen LogP contribution in [0, 0.1) is 0 Å². The Morgan fingerprint density at radius 1 is 1.12 bits per heavy atom. The van der Waals surface area contributed by atoms with Crippen LogP contribution in [0.1, 0.15) is 30.0 Å². The van der Waals surface area contributed by atoms with E-state index in [2.05, 4.69) is 15.5 Å². The molecule has 160 valence electrons. The number of urea groups is 1. The average Bonchev–Trinajstić information content (AvgIpc) is 3.49. The van der Waals surface area contributed by atoms with Gasteiger partial charge in [-0.05, 0) is 41.6 Å². The summed E-state index contributed by atoms with van der Waals surface area (Å²) in [6.45, 7) is 2.28. The first-order chi connectivity index (χ1) is 15.6. The van der Waals surface area contributed by atoms with Crippen LogP contribution in [0.4, 0.5) is 4.79 Å². The zero-order chi connectivity index (χ0) is 22.1. The number of nitrogens with zero attached hydrogens (tertiary/aromatic N) is 3. The van der Waals surface area contributed by atoms with Gasteiger partial charge < -0.3 is 9.84 Å². The number of carbonyl (C=O) groups excluding carboxylic acids is 1. The van der Waals surface area contributed by atoms with Gasteiger partial charge in [-0.2, -0.15) is 4.98 Å². The monoisotopic (exact) mass is 462 g/mol. The number of thiophene rings is 1. The van der Waals surface area contributed by atoms with Crippen molar-refractivity contribution in [1.82, 2.24) is 20.4 Å². The first kappa shape index (κ1) is 20.5. The van der Waals surface area contributed by atoms with E-state index in [1.54, 1.807) is 16.2 Å². The molecule has 1 N–H and O–H groups in total. The van der Waals surface area contributed by atoms with Gasteiger partial charge in [-0.3, -0.25) is 4.90 Å². The maximum absolute atomic E-state index is 13.1. The standard InChI is InChI=1S/C24H19ClN4O2S/c1-15-20(23-27-22(28-31-23)19-11-6-12-32-19)21(17-8-3-2-4-9-17)26-24(30)29(15)14-16-7-5-10-18(25)13-16/h2-13,21H,14H2,1H3,(H,26,30). The molecule has 5 rings (SSSR count). The summed E-state index contributed by atoms with van der Waals surface area (Å²) in [5.74, 6) is 0.913. The summed E-state index contributed by atoms with van der Waals surface area (Å²) in [5, 5.41) is 9.88. The van der Waals surface area contributed by atoms with Gasteiger partial charge >= 0.3 is 6.03 Å². The third kappa shape index (κ3) is 3.92. The summed E-state index contributed by atoms with van der Waals surface area (Å²) in [7, 11) is 0. The predicted octanol–water partition coefficient (Wildman–Crippen LogP) is 6.15. The third-order valence-electron chi connectivity index (χ3n) is 5.36. The van der Waals surface area contributed by atoms with E-state index < -0.39 is 6.04 Å². The Hall–Kier alpha value is -3.42. The van der Waals surface area contributed by atoms with E-state index in [9.17, 15) is 4.79 Å². The lowest BCUT2D eigenvalue weighted by Crippen LogP contribution is -2.45. The normalized spacial score (nSPS) is 16.4. The van der Waals surface area contributed by atoms with E-state index in [0.29, 0.717) is 23.3 Å². The molecule has 8 heteroatoms. The maximum atomic E-state index is 13.1. The largest absolute Gasteiger partial charge is 0.334 e. The SMILES string of the molecule is CC1=C(c2nc(-c3cccs3)no2)C(c2ccccc2)NC(=O)N1Cc1cccc(Cl)c1. The molecular formula is C24H19ClN4O2S. The highest BCUT2D eigenvalue weighted by atomic mass is 35.5. The van der Waals surface area contributed by atoms with E-state index in [4.69, 9.17) is 16.1 Å². The van der Waals surface area contributed by atoms with Gasteiger partial charge in [0.25, 0.3) is 5.89 Å². The molecule has 0 spiro atoms. The molecule has 1 unspecified atom stereocenters. The molecule has 6 nitrogen and oxygen atoms in total. The first-order valence-corrected chi connectivity index (χ1v) is 11.3. The molecule has 2 aromatic heterocycles. The molecule has 0 aliphatic carbocycles. The molecule has 0 bridgehead atoms. The molecule has 1 aliphatic heterocycles. The van der Waals surface area contributed by atoms with Crippen molar-refractivity contribution in [2.24, 2.45) is 0 Å². The number of nitrogens with one attached hydrogen (secondary N) is 1. The van der Waals surface area contributed by atoms with Gasteiger partial charge in [-0.1, -0.05) is 65.3 Å². The highest BCUT2D eigenvalue weighted by Crippen LogP contribution is 2.38. The van der Waals surface area contributed by atoms with Crippen LogP contribution in [-0.2, 0) is 6.54 Å². The number of hydrogen-bond donors (Lipinski definition) is 1. The van der Waals surface area contributed by atoms with Crippen molar-refractivity contribution in [3.8, 4) is 10.7 Å². The molecule has 32 heavy (non-hydrogen) atoms. The molecule has 1 atom stereocenters. The van der Waals surface area contributed by atoms with Crippen LogP contribution in [0.25, 0.3) is 16.3 Å². The number of halogens is 1. The molecule has 4 aromatic rings. The van der Waals surface area contributed by atoms with Crippen molar-refractivity contribution in [1.29, 1.82) is 0 Å². The van der Waals surface area contributed by atoms with Gasteiger partial charge in [-0.15, -0.1) is 11.3 Å². The lowest BCUT2D eigenvalue weighted by molar-refractivity contribution is 0.203. The third-order valence-corrected chi connectivity index (χ3v) is 6.46. The molecule has 0 radical (unpaired) electrons. The Labute approximate surface area is 194 Å². The van der Waals surface area contributed by atoms with Crippen molar-refractivity contribution in [2.75, 3.05) is 0 Å². The minimum atomic E-state index is -0.407. The van der Waals surface area contributed by atoms with E-state index in [1.807, 2.05) is 79.0 Å². The molecule has 2 aromatic carbocycles. The number of rotatable bonds is 5. The predicted molar refractivity (Wildman–Crippen MR) is 125 cm³/mol. The summed E-state index contributed by atoms with van der Waals surface area (Å²) in [6.07, 6.45) is 0. The topological polar surface area (TPSA) is 71.3 Å². The fourth-order valence-electron chi connectivity index (χ4n) is 3.80. The second-order valence-corrected chi connectivity index (χ2v) is 8.79. The lowest BCUT2D eigenvalue weighted by Gasteiger charge is -2.35. The fourth-order valence-corrected chi connectivity index (χ4v) is 4.66. The Balaban J connectivity index is 1.60.